The molecule has 1 aliphatic rings. The van der Waals surface area contributed by atoms with Crippen LogP contribution in [0.4, 0.5) is 0 Å². The van der Waals surface area contributed by atoms with E-state index in [1.807, 2.05) is 4.90 Å². The summed E-state index contributed by atoms with van der Waals surface area (Å²) in [6, 6.07) is 0.0915. The number of carbonyl (C=O) groups excluding carboxylic acids is 1. The Labute approximate surface area is 130 Å². The van der Waals surface area contributed by atoms with Gasteiger partial charge >= 0.3 is 0 Å². The number of likely N-dealkylation sites (tertiary alicyclic amines) is 1. The Morgan fingerprint density at radius 2 is 2.23 bits per heavy atom. The molecule has 2 unspecified atom stereocenters. The summed E-state index contributed by atoms with van der Waals surface area (Å²) in [7, 11) is -3.76. The predicted octanol–water partition coefficient (Wildman–Crippen LogP) is -0.494. The second-order valence-corrected chi connectivity index (χ2v) is 7.40. The third kappa shape index (κ3) is 4.05. The summed E-state index contributed by atoms with van der Waals surface area (Å²) >= 11 is 0. The van der Waals surface area contributed by atoms with Gasteiger partial charge in [-0.3, -0.25) is 9.48 Å². The number of sulfonamides is 1. The lowest BCUT2D eigenvalue weighted by molar-refractivity contribution is -0.135. The highest BCUT2D eigenvalue weighted by atomic mass is 32.2. The van der Waals surface area contributed by atoms with E-state index in [2.05, 4.69) is 12.0 Å². The van der Waals surface area contributed by atoms with E-state index in [4.69, 9.17) is 10.9 Å². The normalized spacial score (nSPS) is 22.8. The zero-order valence-corrected chi connectivity index (χ0v) is 13.5. The van der Waals surface area contributed by atoms with Gasteiger partial charge < -0.3 is 10.6 Å². The second-order valence-electron chi connectivity index (χ2n) is 5.84. The summed E-state index contributed by atoms with van der Waals surface area (Å²) in [5.41, 5.74) is 5.76. The largest absolute Gasteiger partial charge is 0.338 e. The molecular weight excluding hydrogens is 306 g/mol. The molecule has 1 saturated heterocycles. The summed E-state index contributed by atoms with van der Waals surface area (Å²) in [5, 5.41) is 8.94. The number of aryl methyl sites for hydroxylation is 1. The predicted molar refractivity (Wildman–Crippen MR) is 81.2 cm³/mol. The van der Waals surface area contributed by atoms with Crippen molar-refractivity contribution in [2.24, 2.45) is 16.8 Å². The third-order valence-electron chi connectivity index (χ3n) is 4.06. The molecule has 0 spiro atoms. The first-order valence-corrected chi connectivity index (χ1v) is 8.90. The number of piperidine rings is 1. The van der Waals surface area contributed by atoms with Crippen molar-refractivity contribution in [2.75, 3.05) is 13.1 Å². The zero-order chi connectivity index (χ0) is 16.3. The molecule has 1 fully saturated rings. The topological polar surface area (TPSA) is 124 Å². The molecule has 2 atom stereocenters. The molecular formula is C13H23N5O3S. The second kappa shape index (κ2) is 6.76. The molecule has 1 amide bonds. The van der Waals surface area contributed by atoms with Crippen LogP contribution < -0.4 is 10.9 Å². The van der Waals surface area contributed by atoms with Crippen LogP contribution in [0, 0.1) is 5.92 Å². The number of hydrogen-bond donors (Lipinski definition) is 2. The molecule has 4 N–H and O–H groups in total. The van der Waals surface area contributed by atoms with Gasteiger partial charge in [0, 0.05) is 38.3 Å². The van der Waals surface area contributed by atoms with Gasteiger partial charge in [-0.15, -0.1) is 0 Å². The van der Waals surface area contributed by atoms with E-state index >= 15 is 0 Å². The van der Waals surface area contributed by atoms with E-state index in [-0.39, 0.29) is 23.3 Å². The SMILES string of the molecule is CC1CCN(C(=O)CCn2cc(S(N)(=O)=O)cn2)C(CN)C1. The fraction of sp³-hybridized carbons (Fsp3) is 0.692. The van der Waals surface area contributed by atoms with E-state index < -0.39 is 10.0 Å². The van der Waals surface area contributed by atoms with Gasteiger partial charge in [-0.1, -0.05) is 6.92 Å². The van der Waals surface area contributed by atoms with Crippen LogP contribution in [0.5, 0.6) is 0 Å². The molecule has 0 saturated carbocycles. The zero-order valence-electron chi connectivity index (χ0n) is 12.7. The van der Waals surface area contributed by atoms with Crippen LogP contribution in [0.25, 0.3) is 0 Å². The lowest BCUT2D eigenvalue weighted by Crippen LogP contribution is -2.49. The molecule has 0 aliphatic carbocycles. The minimum atomic E-state index is -3.76. The van der Waals surface area contributed by atoms with Gasteiger partial charge in [-0.05, 0) is 18.8 Å². The quantitative estimate of drug-likeness (QED) is 0.754. The minimum Gasteiger partial charge on any atom is -0.338 e. The molecule has 1 aromatic rings. The van der Waals surface area contributed by atoms with Crippen LogP contribution in [-0.4, -0.2) is 48.1 Å². The van der Waals surface area contributed by atoms with Crippen LogP contribution in [0.3, 0.4) is 0 Å². The molecule has 0 radical (unpaired) electrons. The summed E-state index contributed by atoms with van der Waals surface area (Å²) in [5.74, 6) is 0.607. The van der Waals surface area contributed by atoms with Gasteiger partial charge in [-0.2, -0.15) is 5.10 Å². The molecule has 2 rings (SSSR count). The van der Waals surface area contributed by atoms with Crippen LogP contribution in [0.15, 0.2) is 17.3 Å². The number of nitrogens with two attached hydrogens (primary N) is 2. The van der Waals surface area contributed by atoms with Crippen molar-refractivity contribution in [2.45, 2.75) is 43.7 Å². The van der Waals surface area contributed by atoms with Crippen LogP contribution >= 0.6 is 0 Å². The molecule has 8 nitrogen and oxygen atoms in total. The summed E-state index contributed by atoms with van der Waals surface area (Å²) in [6.45, 7) is 3.68. The maximum Gasteiger partial charge on any atom is 0.241 e. The fourth-order valence-corrected chi connectivity index (χ4v) is 3.23. The van der Waals surface area contributed by atoms with Crippen molar-refractivity contribution in [3.8, 4) is 0 Å². The number of amides is 1. The van der Waals surface area contributed by atoms with E-state index in [0.29, 0.717) is 19.0 Å². The Kier molecular flexibility index (Phi) is 5.20. The first-order valence-electron chi connectivity index (χ1n) is 7.36. The van der Waals surface area contributed by atoms with E-state index in [1.54, 1.807) is 0 Å². The average Bonchev–Trinajstić information content (AvgIpc) is 2.93. The maximum absolute atomic E-state index is 12.3. The number of primary sulfonamides is 1. The molecule has 22 heavy (non-hydrogen) atoms. The van der Waals surface area contributed by atoms with E-state index in [0.717, 1.165) is 19.4 Å². The first kappa shape index (κ1) is 16.9. The van der Waals surface area contributed by atoms with Crippen molar-refractivity contribution < 1.29 is 13.2 Å². The van der Waals surface area contributed by atoms with Crippen molar-refractivity contribution >= 4 is 15.9 Å². The summed E-state index contributed by atoms with van der Waals surface area (Å²) < 4.78 is 23.8. The van der Waals surface area contributed by atoms with Gasteiger partial charge in [0.15, 0.2) is 0 Å². The van der Waals surface area contributed by atoms with Crippen LogP contribution in [0.1, 0.15) is 26.2 Å². The smallest absolute Gasteiger partial charge is 0.241 e. The monoisotopic (exact) mass is 329 g/mol. The lowest BCUT2D eigenvalue weighted by atomic mass is 9.92. The minimum absolute atomic E-state index is 0.0232. The summed E-state index contributed by atoms with van der Waals surface area (Å²) in [6.07, 6.45) is 4.70. The van der Waals surface area contributed by atoms with Gasteiger partial charge in [-0.25, -0.2) is 13.6 Å². The van der Waals surface area contributed by atoms with Crippen LogP contribution in [-0.2, 0) is 21.4 Å². The Balaban J connectivity index is 1.93. The lowest BCUT2D eigenvalue weighted by Gasteiger charge is -2.38. The molecule has 124 valence electrons. The van der Waals surface area contributed by atoms with Crippen molar-refractivity contribution in [3.05, 3.63) is 12.4 Å². The molecule has 1 aliphatic heterocycles. The van der Waals surface area contributed by atoms with Crippen molar-refractivity contribution in [1.82, 2.24) is 14.7 Å². The third-order valence-corrected chi connectivity index (χ3v) is 4.93. The highest BCUT2D eigenvalue weighted by Crippen LogP contribution is 2.22. The van der Waals surface area contributed by atoms with Crippen molar-refractivity contribution in [1.29, 1.82) is 0 Å². The summed E-state index contributed by atoms with van der Waals surface area (Å²) in [4.78, 5) is 14.1. The number of aromatic nitrogens is 2. The maximum atomic E-state index is 12.3. The Morgan fingerprint density at radius 3 is 2.82 bits per heavy atom. The van der Waals surface area contributed by atoms with E-state index in [9.17, 15) is 13.2 Å². The van der Waals surface area contributed by atoms with Crippen molar-refractivity contribution in [3.63, 3.8) is 0 Å². The molecule has 9 heteroatoms. The van der Waals surface area contributed by atoms with Gasteiger partial charge in [0.25, 0.3) is 0 Å². The van der Waals surface area contributed by atoms with Gasteiger partial charge in [0.2, 0.25) is 15.9 Å². The molecule has 0 aromatic carbocycles. The number of carbonyl (C=O) groups is 1. The molecule has 1 aromatic heterocycles. The first-order chi connectivity index (χ1) is 10.3. The van der Waals surface area contributed by atoms with Gasteiger partial charge in [0.1, 0.15) is 4.90 Å². The number of nitrogens with zero attached hydrogens (tertiary/aromatic N) is 3. The Hall–Kier alpha value is -1.45. The highest BCUT2D eigenvalue weighted by molar-refractivity contribution is 7.89. The van der Waals surface area contributed by atoms with E-state index in [1.165, 1.54) is 17.1 Å². The molecule has 0 bridgehead atoms. The number of hydrogen-bond acceptors (Lipinski definition) is 5. The number of rotatable bonds is 5. The standard InChI is InChI=1S/C13H23N5O3S/c1-10-2-5-18(11(6-10)7-14)13(19)3-4-17-9-12(8-16-17)22(15,20)21/h8-11H,2-7,14H2,1H3,(H2,15,20,21). The highest BCUT2D eigenvalue weighted by Gasteiger charge is 2.28. The fourth-order valence-electron chi connectivity index (χ4n) is 2.77. The average molecular weight is 329 g/mol. The Bertz CT molecular complexity index is 627. The van der Waals surface area contributed by atoms with Crippen LogP contribution in [0.2, 0.25) is 0 Å². The Morgan fingerprint density at radius 1 is 1.50 bits per heavy atom. The van der Waals surface area contributed by atoms with Gasteiger partial charge in [0.05, 0.1) is 6.20 Å². The molecule has 2 heterocycles.